The van der Waals surface area contributed by atoms with Crippen molar-refractivity contribution < 1.29 is 14.6 Å². The molecule has 0 unspecified atom stereocenters. The lowest BCUT2D eigenvalue weighted by molar-refractivity contribution is 0.0723. The molecule has 6 nitrogen and oxygen atoms in total. The van der Waals surface area contributed by atoms with Gasteiger partial charge in [-0.15, -0.1) is 0 Å². The molecule has 1 aromatic heterocycles. The molecular formula is C21H20ClN3O3. The van der Waals surface area contributed by atoms with Gasteiger partial charge in [0, 0.05) is 36.4 Å². The standard InChI is InChI=1S/C21H20ClN3O3/c1-28-12-4-11-25-20(13-7-9-14(22)10-8-13)17-18(23-24-19(17)21(25)27)15-5-2-3-6-16(15)26/h2-3,5-10,20,26H,4,11-12H2,1H3,(H,23,24)/t20-/m0/s1. The van der Waals surface area contributed by atoms with Crippen LogP contribution in [0.25, 0.3) is 11.3 Å². The van der Waals surface area contributed by atoms with E-state index in [4.69, 9.17) is 16.3 Å². The number of nitrogens with one attached hydrogen (secondary N) is 1. The molecule has 2 N–H and O–H groups in total. The molecule has 0 spiro atoms. The number of carbonyl (C=O) groups is 1. The van der Waals surface area contributed by atoms with Gasteiger partial charge < -0.3 is 14.7 Å². The summed E-state index contributed by atoms with van der Waals surface area (Å²) >= 11 is 6.06. The Hall–Kier alpha value is -2.83. The third-order valence-corrected chi connectivity index (χ3v) is 5.21. The number of benzene rings is 2. The van der Waals surface area contributed by atoms with E-state index in [1.807, 2.05) is 35.2 Å². The minimum absolute atomic E-state index is 0.111. The third-order valence-electron chi connectivity index (χ3n) is 4.96. The molecule has 4 rings (SSSR count). The number of aromatic amines is 1. The number of carbonyl (C=O) groups excluding carboxylic acids is 1. The second-order valence-corrected chi connectivity index (χ2v) is 7.11. The van der Waals surface area contributed by atoms with Crippen molar-refractivity contribution in [1.82, 2.24) is 15.1 Å². The quantitative estimate of drug-likeness (QED) is 0.616. The van der Waals surface area contributed by atoms with Crippen LogP contribution >= 0.6 is 11.6 Å². The largest absolute Gasteiger partial charge is 0.507 e. The molecular weight excluding hydrogens is 378 g/mol. The van der Waals surface area contributed by atoms with E-state index in [0.717, 1.165) is 17.5 Å². The van der Waals surface area contributed by atoms with Crippen molar-refractivity contribution >= 4 is 17.5 Å². The molecule has 7 heteroatoms. The molecule has 0 aliphatic carbocycles. The average molecular weight is 398 g/mol. The third kappa shape index (κ3) is 3.15. The first kappa shape index (κ1) is 18.5. The van der Waals surface area contributed by atoms with Gasteiger partial charge in [0.2, 0.25) is 0 Å². The predicted octanol–water partition coefficient (Wildman–Crippen LogP) is 4.02. The number of H-pyrrole nitrogens is 1. The van der Waals surface area contributed by atoms with E-state index in [0.29, 0.717) is 35.1 Å². The van der Waals surface area contributed by atoms with Crippen LogP contribution in [0.3, 0.4) is 0 Å². The first-order valence-electron chi connectivity index (χ1n) is 9.03. The fourth-order valence-electron chi connectivity index (χ4n) is 3.68. The van der Waals surface area contributed by atoms with E-state index in [1.54, 1.807) is 25.3 Å². The summed E-state index contributed by atoms with van der Waals surface area (Å²) in [7, 11) is 1.64. The Labute approximate surface area is 167 Å². The zero-order chi connectivity index (χ0) is 19.7. The van der Waals surface area contributed by atoms with Crippen molar-refractivity contribution in [3.63, 3.8) is 0 Å². The van der Waals surface area contributed by atoms with Crippen molar-refractivity contribution in [1.29, 1.82) is 0 Å². The number of hydrogen-bond donors (Lipinski definition) is 2. The van der Waals surface area contributed by atoms with E-state index in [9.17, 15) is 9.90 Å². The predicted molar refractivity (Wildman–Crippen MR) is 107 cm³/mol. The number of hydrogen-bond acceptors (Lipinski definition) is 4. The lowest BCUT2D eigenvalue weighted by atomic mass is 9.95. The van der Waals surface area contributed by atoms with Crippen molar-refractivity contribution in [3.8, 4) is 17.0 Å². The van der Waals surface area contributed by atoms with Crippen LogP contribution in [0.2, 0.25) is 5.02 Å². The van der Waals surface area contributed by atoms with E-state index in [-0.39, 0.29) is 17.7 Å². The fraction of sp³-hybridized carbons (Fsp3) is 0.238. The molecule has 2 heterocycles. The molecule has 3 aromatic rings. The number of para-hydroxylation sites is 1. The molecule has 0 radical (unpaired) electrons. The number of halogens is 1. The van der Waals surface area contributed by atoms with Gasteiger partial charge in [0.25, 0.3) is 5.91 Å². The average Bonchev–Trinajstić information content (AvgIpc) is 3.23. The minimum atomic E-state index is -0.315. The molecule has 1 atom stereocenters. The van der Waals surface area contributed by atoms with Crippen LogP contribution in [0.1, 0.15) is 34.1 Å². The summed E-state index contributed by atoms with van der Waals surface area (Å²) in [4.78, 5) is 14.9. The molecule has 2 aromatic carbocycles. The SMILES string of the molecule is COCCCN1C(=O)c2[nH]nc(-c3ccccc3O)c2[C@@H]1c1ccc(Cl)cc1. The molecule has 1 aliphatic rings. The highest BCUT2D eigenvalue weighted by molar-refractivity contribution is 6.30. The number of aromatic hydroxyl groups is 1. The molecule has 1 amide bonds. The van der Waals surface area contributed by atoms with E-state index in [1.165, 1.54) is 0 Å². The Kier molecular flexibility index (Phi) is 5.07. The Morgan fingerprint density at radius 3 is 2.68 bits per heavy atom. The fourth-order valence-corrected chi connectivity index (χ4v) is 3.80. The second kappa shape index (κ2) is 7.66. The van der Waals surface area contributed by atoms with E-state index >= 15 is 0 Å². The number of amides is 1. The summed E-state index contributed by atoms with van der Waals surface area (Å²) in [5.74, 6) is 0.0113. The van der Waals surface area contributed by atoms with Crippen molar-refractivity contribution in [2.75, 3.05) is 20.3 Å². The number of methoxy groups -OCH3 is 1. The van der Waals surface area contributed by atoms with Crippen molar-refractivity contribution in [3.05, 3.63) is 70.4 Å². The van der Waals surface area contributed by atoms with Crippen molar-refractivity contribution in [2.24, 2.45) is 0 Å². The summed E-state index contributed by atoms with van der Waals surface area (Å²) in [5.41, 5.74) is 3.33. The maximum Gasteiger partial charge on any atom is 0.273 e. The highest BCUT2D eigenvalue weighted by Crippen LogP contribution is 2.44. The van der Waals surface area contributed by atoms with Gasteiger partial charge in [-0.3, -0.25) is 9.89 Å². The zero-order valence-electron chi connectivity index (χ0n) is 15.4. The summed E-state index contributed by atoms with van der Waals surface area (Å²) in [6.45, 7) is 1.11. The summed E-state index contributed by atoms with van der Waals surface area (Å²) < 4.78 is 5.15. The highest BCUT2D eigenvalue weighted by Gasteiger charge is 2.42. The second-order valence-electron chi connectivity index (χ2n) is 6.68. The van der Waals surface area contributed by atoms with Gasteiger partial charge in [0.15, 0.2) is 0 Å². The van der Waals surface area contributed by atoms with Crippen LogP contribution in [0.4, 0.5) is 0 Å². The van der Waals surface area contributed by atoms with Gasteiger partial charge in [-0.05, 0) is 36.2 Å². The molecule has 0 bridgehead atoms. The normalized spacial score (nSPS) is 15.9. The number of phenolic OH excluding ortho intramolecular Hbond substituents is 1. The first-order valence-corrected chi connectivity index (χ1v) is 9.41. The van der Waals surface area contributed by atoms with Crippen LogP contribution in [0.15, 0.2) is 48.5 Å². The first-order chi connectivity index (χ1) is 13.6. The lowest BCUT2D eigenvalue weighted by Crippen LogP contribution is -2.31. The number of rotatable bonds is 6. The Balaban J connectivity index is 1.83. The number of aromatic nitrogens is 2. The molecule has 0 fully saturated rings. The number of phenols is 1. The monoisotopic (exact) mass is 397 g/mol. The van der Waals surface area contributed by atoms with Gasteiger partial charge in [-0.2, -0.15) is 5.10 Å². The maximum absolute atomic E-state index is 13.1. The molecule has 0 saturated heterocycles. The molecule has 144 valence electrons. The van der Waals surface area contributed by atoms with E-state index < -0.39 is 0 Å². The van der Waals surface area contributed by atoms with Crippen LogP contribution in [-0.4, -0.2) is 46.4 Å². The van der Waals surface area contributed by atoms with Crippen LogP contribution in [-0.2, 0) is 4.74 Å². The number of fused-ring (bicyclic) bond motifs is 1. The highest BCUT2D eigenvalue weighted by atomic mass is 35.5. The number of nitrogens with zero attached hydrogens (tertiary/aromatic N) is 2. The lowest BCUT2D eigenvalue weighted by Gasteiger charge is -2.26. The zero-order valence-corrected chi connectivity index (χ0v) is 16.1. The van der Waals surface area contributed by atoms with Crippen LogP contribution < -0.4 is 0 Å². The van der Waals surface area contributed by atoms with Crippen LogP contribution in [0, 0.1) is 0 Å². The Bertz CT molecular complexity index is 1000. The summed E-state index contributed by atoms with van der Waals surface area (Å²) in [6.07, 6.45) is 0.718. The molecule has 28 heavy (non-hydrogen) atoms. The topological polar surface area (TPSA) is 78.5 Å². The minimum Gasteiger partial charge on any atom is -0.507 e. The van der Waals surface area contributed by atoms with Gasteiger partial charge in [-0.1, -0.05) is 35.9 Å². The van der Waals surface area contributed by atoms with Gasteiger partial charge in [0.1, 0.15) is 17.1 Å². The number of ether oxygens (including phenoxy) is 1. The molecule has 0 saturated carbocycles. The Morgan fingerprint density at radius 1 is 1.21 bits per heavy atom. The smallest absolute Gasteiger partial charge is 0.273 e. The van der Waals surface area contributed by atoms with E-state index in [2.05, 4.69) is 10.2 Å². The summed E-state index contributed by atoms with van der Waals surface area (Å²) in [5, 5.41) is 18.2. The van der Waals surface area contributed by atoms with Gasteiger partial charge in [0.05, 0.1) is 6.04 Å². The van der Waals surface area contributed by atoms with Gasteiger partial charge >= 0.3 is 0 Å². The summed E-state index contributed by atoms with van der Waals surface area (Å²) in [6, 6.07) is 14.1. The molecule has 1 aliphatic heterocycles. The van der Waals surface area contributed by atoms with Crippen molar-refractivity contribution in [2.45, 2.75) is 12.5 Å². The Morgan fingerprint density at radius 2 is 1.96 bits per heavy atom. The van der Waals surface area contributed by atoms with Gasteiger partial charge in [-0.25, -0.2) is 0 Å². The maximum atomic E-state index is 13.1. The van der Waals surface area contributed by atoms with Crippen LogP contribution in [0.5, 0.6) is 5.75 Å².